The van der Waals surface area contributed by atoms with Crippen LogP contribution < -0.4 is 0 Å². The minimum absolute atomic E-state index is 0.207. The van der Waals surface area contributed by atoms with Gasteiger partial charge in [-0.3, -0.25) is 0 Å². The highest BCUT2D eigenvalue weighted by Gasteiger charge is 2.33. The molecule has 1 fully saturated rings. The zero-order valence-corrected chi connectivity index (χ0v) is 14.1. The molecule has 0 aromatic heterocycles. The van der Waals surface area contributed by atoms with Gasteiger partial charge in [-0.15, -0.1) is 0 Å². The van der Waals surface area contributed by atoms with E-state index in [1.54, 1.807) is 18.7 Å². The van der Waals surface area contributed by atoms with E-state index in [9.17, 15) is 21.2 Å². The van der Waals surface area contributed by atoms with E-state index in [2.05, 4.69) is 0 Å². The molecule has 1 aromatic carbocycles. The highest BCUT2D eigenvalue weighted by Crippen LogP contribution is 2.27. The number of thioether (sulfide) groups is 1. The number of rotatable bonds is 3. The Bertz CT molecular complexity index is 746. The predicted octanol–water partition coefficient (Wildman–Crippen LogP) is 1.36. The third-order valence-corrected chi connectivity index (χ3v) is 7.55. The number of hydrogen-bond donors (Lipinski definition) is 0. The molecule has 1 aliphatic rings. The molecule has 0 N–H and O–H groups in total. The molecule has 1 aliphatic heterocycles. The molecule has 118 valence electrons. The number of sulfonamides is 1. The van der Waals surface area contributed by atoms with E-state index in [0.29, 0.717) is 11.5 Å². The van der Waals surface area contributed by atoms with Gasteiger partial charge in [-0.05, 0) is 25.1 Å². The maximum Gasteiger partial charge on any atom is 0.246 e. The van der Waals surface area contributed by atoms with Crippen LogP contribution in [0.2, 0.25) is 0 Å². The van der Waals surface area contributed by atoms with Crippen molar-refractivity contribution in [2.75, 3.05) is 24.3 Å². The molecule has 1 heterocycles. The van der Waals surface area contributed by atoms with E-state index in [4.69, 9.17) is 0 Å². The number of halogens is 1. The quantitative estimate of drug-likeness (QED) is 0.767. The number of sulfone groups is 1. The molecule has 0 spiro atoms. The Morgan fingerprint density at radius 3 is 2.52 bits per heavy atom. The molecule has 0 aliphatic carbocycles. The van der Waals surface area contributed by atoms with Crippen LogP contribution in [0.15, 0.2) is 28.0 Å². The molecule has 1 unspecified atom stereocenters. The lowest BCUT2D eigenvalue weighted by Gasteiger charge is -2.32. The van der Waals surface area contributed by atoms with Crippen LogP contribution in [-0.4, -0.2) is 51.5 Å². The third-order valence-electron chi connectivity index (χ3n) is 3.22. The van der Waals surface area contributed by atoms with Gasteiger partial charge in [0.1, 0.15) is 10.7 Å². The summed E-state index contributed by atoms with van der Waals surface area (Å²) < 4.78 is 63.4. The van der Waals surface area contributed by atoms with Gasteiger partial charge in [-0.1, -0.05) is 0 Å². The summed E-state index contributed by atoms with van der Waals surface area (Å²) in [6, 6.07) is 2.59. The Kier molecular flexibility index (Phi) is 4.67. The first-order valence-electron chi connectivity index (χ1n) is 6.23. The zero-order chi connectivity index (χ0) is 15.8. The van der Waals surface area contributed by atoms with Crippen LogP contribution in [0.25, 0.3) is 0 Å². The highest BCUT2D eigenvalue weighted by molar-refractivity contribution is 7.99. The first-order valence-corrected chi connectivity index (χ1v) is 10.7. The van der Waals surface area contributed by atoms with E-state index in [1.807, 2.05) is 0 Å². The van der Waals surface area contributed by atoms with Crippen LogP contribution in [0.3, 0.4) is 0 Å². The minimum Gasteiger partial charge on any atom is -0.224 e. The highest BCUT2D eigenvalue weighted by atomic mass is 32.2. The molecule has 0 amide bonds. The summed E-state index contributed by atoms with van der Waals surface area (Å²) >= 11 is 1.63. The lowest BCUT2D eigenvalue weighted by molar-refractivity contribution is 0.365. The summed E-state index contributed by atoms with van der Waals surface area (Å²) in [6.07, 6.45) is 0.955. The molecule has 2 rings (SSSR count). The van der Waals surface area contributed by atoms with Crippen molar-refractivity contribution in [3.05, 3.63) is 24.0 Å². The Balaban J connectivity index is 2.54. The first kappa shape index (κ1) is 16.7. The van der Waals surface area contributed by atoms with Crippen LogP contribution in [-0.2, 0) is 19.9 Å². The molecule has 0 radical (unpaired) electrons. The van der Waals surface area contributed by atoms with Crippen LogP contribution in [0.5, 0.6) is 0 Å². The van der Waals surface area contributed by atoms with Crippen LogP contribution >= 0.6 is 11.8 Å². The van der Waals surface area contributed by atoms with Crippen molar-refractivity contribution < 1.29 is 21.2 Å². The standard InChI is InChI=1S/C12H16FNO4S3/c1-9-8-19-6-5-14(9)21(17,18)12-7-10(20(2,15)16)3-4-11(12)13/h3-4,7,9H,5-6,8H2,1-2H3. The smallest absolute Gasteiger partial charge is 0.224 e. The molecule has 0 saturated carbocycles. The van der Waals surface area contributed by atoms with Crippen LogP contribution in [0.4, 0.5) is 4.39 Å². The van der Waals surface area contributed by atoms with E-state index < -0.39 is 30.6 Å². The fraction of sp³-hybridized carbons (Fsp3) is 0.500. The summed E-state index contributed by atoms with van der Waals surface area (Å²) in [7, 11) is -7.64. The van der Waals surface area contributed by atoms with Crippen LogP contribution in [0.1, 0.15) is 6.92 Å². The Morgan fingerprint density at radius 2 is 1.95 bits per heavy atom. The normalized spacial score (nSPS) is 21.4. The zero-order valence-electron chi connectivity index (χ0n) is 11.6. The fourth-order valence-electron chi connectivity index (χ4n) is 2.11. The van der Waals surface area contributed by atoms with Crippen molar-refractivity contribution in [1.29, 1.82) is 0 Å². The van der Waals surface area contributed by atoms with Crippen molar-refractivity contribution in [2.24, 2.45) is 0 Å². The number of nitrogens with zero attached hydrogens (tertiary/aromatic N) is 1. The molecule has 1 aromatic rings. The van der Waals surface area contributed by atoms with Gasteiger partial charge in [-0.25, -0.2) is 21.2 Å². The van der Waals surface area contributed by atoms with Gasteiger partial charge in [0.2, 0.25) is 10.0 Å². The monoisotopic (exact) mass is 353 g/mol. The molecule has 1 saturated heterocycles. The molecule has 1 atom stereocenters. The minimum atomic E-state index is -4.04. The third kappa shape index (κ3) is 3.41. The summed E-state index contributed by atoms with van der Waals surface area (Å²) in [6.45, 7) is 2.04. The predicted molar refractivity (Wildman–Crippen MR) is 80.2 cm³/mol. The van der Waals surface area contributed by atoms with Crippen molar-refractivity contribution >= 4 is 31.6 Å². The molecular weight excluding hydrogens is 337 g/mol. The molecule has 9 heteroatoms. The average Bonchev–Trinajstić information content (AvgIpc) is 2.37. The number of benzene rings is 1. The average molecular weight is 353 g/mol. The van der Waals surface area contributed by atoms with Gasteiger partial charge >= 0.3 is 0 Å². The van der Waals surface area contributed by atoms with Crippen molar-refractivity contribution in [3.63, 3.8) is 0 Å². The van der Waals surface area contributed by atoms with E-state index in [1.165, 1.54) is 4.31 Å². The van der Waals surface area contributed by atoms with E-state index in [0.717, 1.165) is 24.5 Å². The maximum atomic E-state index is 13.9. The summed E-state index contributed by atoms with van der Waals surface area (Å²) in [5.41, 5.74) is 0. The van der Waals surface area contributed by atoms with Gasteiger partial charge in [0, 0.05) is 30.3 Å². The SMILES string of the molecule is CC1CSCCN1S(=O)(=O)c1cc(S(C)(=O)=O)ccc1F. The number of hydrogen-bond acceptors (Lipinski definition) is 5. The van der Waals surface area contributed by atoms with Gasteiger partial charge in [0.05, 0.1) is 4.90 Å². The largest absolute Gasteiger partial charge is 0.246 e. The Labute approximate surface area is 128 Å². The second kappa shape index (κ2) is 5.86. The van der Waals surface area contributed by atoms with Gasteiger partial charge < -0.3 is 0 Å². The summed E-state index contributed by atoms with van der Waals surface area (Å²) in [5, 5.41) is 0. The molecule has 0 bridgehead atoms. The van der Waals surface area contributed by atoms with Crippen molar-refractivity contribution in [1.82, 2.24) is 4.31 Å². The van der Waals surface area contributed by atoms with Crippen molar-refractivity contribution in [3.8, 4) is 0 Å². The van der Waals surface area contributed by atoms with Crippen molar-refractivity contribution in [2.45, 2.75) is 22.8 Å². The van der Waals surface area contributed by atoms with Gasteiger partial charge in [-0.2, -0.15) is 16.1 Å². The van der Waals surface area contributed by atoms with Crippen LogP contribution in [0, 0.1) is 5.82 Å². The van der Waals surface area contributed by atoms with Gasteiger partial charge in [0.25, 0.3) is 0 Å². The fourth-order valence-corrected chi connectivity index (χ4v) is 5.78. The van der Waals surface area contributed by atoms with E-state index in [-0.39, 0.29) is 17.5 Å². The molecule has 21 heavy (non-hydrogen) atoms. The summed E-state index contributed by atoms with van der Waals surface area (Å²) in [5.74, 6) is 0.330. The summed E-state index contributed by atoms with van der Waals surface area (Å²) in [4.78, 5) is -0.786. The Hall–Kier alpha value is -0.640. The van der Waals surface area contributed by atoms with Gasteiger partial charge in [0.15, 0.2) is 9.84 Å². The van der Waals surface area contributed by atoms with E-state index >= 15 is 0 Å². The molecular formula is C12H16FNO4S3. The lowest BCUT2D eigenvalue weighted by Crippen LogP contribution is -2.44. The lowest BCUT2D eigenvalue weighted by atomic mass is 10.3. The second-order valence-corrected chi connectivity index (χ2v) is 9.93. The Morgan fingerprint density at radius 1 is 1.29 bits per heavy atom. The first-order chi connectivity index (χ1) is 9.64. The topological polar surface area (TPSA) is 71.5 Å². The molecule has 5 nitrogen and oxygen atoms in total. The maximum absolute atomic E-state index is 13.9. The second-order valence-electron chi connectivity index (χ2n) is 4.90.